The quantitative estimate of drug-likeness (QED) is 0.840. The minimum Gasteiger partial charge on any atom is -0.324 e. The molecule has 0 aromatic heterocycles. The van der Waals surface area contributed by atoms with Crippen LogP contribution in [-0.2, 0) is 21.2 Å². The number of benzene rings is 2. The minimum absolute atomic E-state index is 0.264. The van der Waals surface area contributed by atoms with Crippen LogP contribution in [0.2, 0.25) is 0 Å². The van der Waals surface area contributed by atoms with Gasteiger partial charge in [-0.1, -0.05) is 42.8 Å². The lowest BCUT2D eigenvalue weighted by Gasteiger charge is -2.24. The molecule has 2 aromatic carbocycles. The number of anilines is 2. The molecule has 2 rings (SSSR count). The van der Waals surface area contributed by atoms with Crippen molar-refractivity contribution in [2.75, 3.05) is 22.4 Å². The number of para-hydroxylation sites is 1. The van der Waals surface area contributed by atoms with Gasteiger partial charge in [0.05, 0.1) is 11.9 Å². The number of amides is 1. The Balaban J connectivity index is 2.32. The molecule has 0 aliphatic carbocycles. The zero-order valence-corrected chi connectivity index (χ0v) is 16.8. The summed E-state index contributed by atoms with van der Waals surface area (Å²) in [7, 11) is -3.59. The van der Waals surface area contributed by atoms with Gasteiger partial charge in [-0.25, -0.2) is 8.42 Å². The summed E-state index contributed by atoms with van der Waals surface area (Å²) in [6.07, 6.45) is 1.90. The minimum atomic E-state index is -3.59. The molecule has 140 valence electrons. The molecular formula is C20H26N2O3S. The largest absolute Gasteiger partial charge is 0.324 e. The lowest BCUT2D eigenvalue weighted by Crippen LogP contribution is -2.38. The van der Waals surface area contributed by atoms with Gasteiger partial charge in [-0.2, -0.15) is 0 Å². The van der Waals surface area contributed by atoms with E-state index in [4.69, 9.17) is 0 Å². The number of hydrogen-bond acceptors (Lipinski definition) is 3. The number of hydrogen-bond donors (Lipinski definition) is 1. The van der Waals surface area contributed by atoms with Crippen molar-refractivity contribution in [3.8, 4) is 0 Å². The van der Waals surface area contributed by atoms with Gasteiger partial charge in [0.1, 0.15) is 6.54 Å². The Hall–Kier alpha value is -2.34. The zero-order valence-electron chi connectivity index (χ0n) is 16.0. The van der Waals surface area contributed by atoms with Crippen molar-refractivity contribution >= 4 is 27.3 Å². The molecule has 0 spiro atoms. The molecule has 0 fully saturated rings. The van der Waals surface area contributed by atoms with Gasteiger partial charge >= 0.3 is 0 Å². The molecule has 0 atom stereocenters. The molecule has 2 aromatic rings. The molecule has 0 saturated carbocycles. The molecule has 0 saturated heterocycles. The van der Waals surface area contributed by atoms with Crippen LogP contribution in [0.15, 0.2) is 36.4 Å². The molecule has 0 aliphatic heterocycles. The van der Waals surface area contributed by atoms with Crippen LogP contribution >= 0.6 is 0 Å². The maximum Gasteiger partial charge on any atom is 0.245 e. The van der Waals surface area contributed by atoms with E-state index in [1.54, 1.807) is 6.07 Å². The fourth-order valence-corrected chi connectivity index (χ4v) is 3.89. The van der Waals surface area contributed by atoms with Gasteiger partial charge < -0.3 is 5.32 Å². The van der Waals surface area contributed by atoms with E-state index < -0.39 is 10.0 Å². The van der Waals surface area contributed by atoms with E-state index in [0.717, 1.165) is 44.9 Å². The topological polar surface area (TPSA) is 66.5 Å². The van der Waals surface area contributed by atoms with Crippen molar-refractivity contribution in [1.29, 1.82) is 0 Å². The predicted octanol–water partition coefficient (Wildman–Crippen LogP) is 3.58. The first-order valence-electron chi connectivity index (χ1n) is 8.56. The van der Waals surface area contributed by atoms with E-state index in [2.05, 4.69) is 5.32 Å². The van der Waals surface area contributed by atoms with Crippen molar-refractivity contribution < 1.29 is 13.2 Å². The summed E-state index contributed by atoms with van der Waals surface area (Å²) in [5.74, 6) is -0.362. The molecule has 0 unspecified atom stereocenters. The van der Waals surface area contributed by atoms with E-state index in [1.165, 1.54) is 0 Å². The molecule has 1 N–H and O–H groups in total. The van der Waals surface area contributed by atoms with E-state index in [0.29, 0.717) is 5.69 Å². The third-order valence-electron chi connectivity index (χ3n) is 4.31. The molecule has 5 nitrogen and oxygen atoms in total. The number of carbonyl (C=O) groups is 1. The van der Waals surface area contributed by atoms with Crippen LogP contribution in [-0.4, -0.2) is 27.1 Å². The smallest absolute Gasteiger partial charge is 0.245 e. The SMILES string of the molecule is CCc1cccc(C)c1NC(=O)CN(c1ccc(C)cc1C)S(C)(=O)=O. The average molecular weight is 375 g/mol. The van der Waals surface area contributed by atoms with Gasteiger partial charge in [-0.15, -0.1) is 0 Å². The Labute approximate surface area is 156 Å². The molecule has 26 heavy (non-hydrogen) atoms. The van der Waals surface area contributed by atoms with Gasteiger partial charge in [-0.3, -0.25) is 9.10 Å². The molecule has 0 aliphatic rings. The standard InChI is InChI=1S/C20H26N2O3S/c1-6-17-9-7-8-15(3)20(17)21-19(23)13-22(26(5,24)25)18-11-10-14(2)12-16(18)4/h7-12H,6,13H2,1-5H3,(H,21,23). The normalized spacial score (nSPS) is 11.3. The van der Waals surface area contributed by atoms with E-state index in [-0.39, 0.29) is 12.5 Å². The highest BCUT2D eigenvalue weighted by atomic mass is 32.2. The van der Waals surface area contributed by atoms with Crippen molar-refractivity contribution in [2.45, 2.75) is 34.1 Å². The lowest BCUT2D eigenvalue weighted by molar-refractivity contribution is -0.114. The van der Waals surface area contributed by atoms with Crippen molar-refractivity contribution in [3.05, 3.63) is 58.7 Å². The van der Waals surface area contributed by atoms with Crippen molar-refractivity contribution in [2.24, 2.45) is 0 Å². The first-order chi connectivity index (χ1) is 12.1. The third-order valence-corrected chi connectivity index (χ3v) is 5.44. The Kier molecular flexibility index (Phi) is 6.08. The number of nitrogens with zero attached hydrogens (tertiary/aromatic N) is 1. The van der Waals surface area contributed by atoms with Gasteiger partial charge in [0.25, 0.3) is 0 Å². The van der Waals surface area contributed by atoms with Crippen LogP contribution in [0, 0.1) is 20.8 Å². The Bertz CT molecular complexity index is 921. The first kappa shape index (κ1) is 20.0. The number of carbonyl (C=O) groups excluding carboxylic acids is 1. The van der Waals surface area contributed by atoms with Gasteiger partial charge in [0.2, 0.25) is 15.9 Å². The summed E-state index contributed by atoms with van der Waals surface area (Å²) >= 11 is 0. The second-order valence-electron chi connectivity index (χ2n) is 6.57. The third kappa shape index (κ3) is 4.64. The highest BCUT2D eigenvalue weighted by Crippen LogP contribution is 2.25. The molecule has 1 amide bonds. The Morgan fingerprint density at radius 1 is 1.08 bits per heavy atom. The fourth-order valence-electron chi connectivity index (χ4n) is 2.98. The summed E-state index contributed by atoms with van der Waals surface area (Å²) in [4.78, 5) is 12.6. The Morgan fingerprint density at radius 2 is 1.77 bits per heavy atom. The maximum absolute atomic E-state index is 12.6. The van der Waals surface area contributed by atoms with Crippen LogP contribution in [0.5, 0.6) is 0 Å². The number of rotatable bonds is 6. The predicted molar refractivity (Wildman–Crippen MR) is 107 cm³/mol. The monoisotopic (exact) mass is 374 g/mol. The molecule has 0 radical (unpaired) electrons. The zero-order chi connectivity index (χ0) is 19.5. The maximum atomic E-state index is 12.6. The van der Waals surface area contributed by atoms with Crippen LogP contribution < -0.4 is 9.62 Å². The van der Waals surface area contributed by atoms with Crippen LogP contribution in [0.1, 0.15) is 29.2 Å². The summed E-state index contributed by atoms with van der Waals surface area (Å²) in [6, 6.07) is 11.3. The van der Waals surface area contributed by atoms with E-state index in [1.807, 2.05) is 58.0 Å². The fraction of sp³-hybridized carbons (Fsp3) is 0.350. The lowest BCUT2D eigenvalue weighted by atomic mass is 10.1. The average Bonchev–Trinajstić information content (AvgIpc) is 2.54. The van der Waals surface area contributed by atoms with Crippen LogP contribution in [0.3, 0.4) is 0 Å². The van der Waals surface area contributed by atoms with Crippen molar-refractivity contribution in [1.82, 2.24) is 0 Å². The molecule has 0 heterocycles. The number of nitrogens with one attached hydrogen (secondary N) is 1. The summed E-state index contributed by atoms with van der Waals surface area (Å²) in [5, 5.41) is 2.89. The highest BCUT2D eigenvalue weighted by Gasteiger charge is 2.23. The van der Waals surface area contributed by atoms with E-state index >= 15 is 0 Å². The first-order valence-corrected chi connectivity index (χ1v) is 10.4. The van der Waals surface area contributed by atoms with Crippen LogP contribution in [0.25, 0.3) is 0 Å². The number of aryl methyl sites for hydroxylation is 4. The summed E-state index contributed by atoms with van der Waals surface area (Å²) in [5.41, 5.74) is 5.11. The van der Waals surface area contributed by atoms with Gasteiger partial charge in [-0.05, 0) is 49.9 Å². The van der Waals surface area contributed by atoms with Gasteiger partial charge in [0, 0.05) is 5.69 Å². The summed E-state index contributed by atoms with van der Waals surface area (Å²) in [6.45, 7) is 7.46. The van der Waals surface area contributed by atoms with Crippen LogP contribution in [0.4, 0.5) is 11.4 Å². The Morgan fingerprint density at radius 3 is 2.35 bits per heavy atom. The molecule has 6 heteroatoms. The second kappa shape index (κ2) is 7.91. The summed E-state index contributed by atoms with van der Waals surface area (Å²) < 4.78 is 25.7. The molecular weight excluding hydrogens is 348 g/mol. The number of sulfonamides is 1. The second-order valence-corrected chi connectivity index (χ2v) is 8.48. The van der Waals surface area contributed by atoms with Crippen molar-refractivity contribution in [3.63, 3.8) is 0 Å². The highest BCUT2D eigenvalue weighted by molar-refractivity contribution is 7.92. The molecule has 0 bridgehead atoms. The van der Waals surface area contributed by atoms with Gasteiger partial charge in [0.15, 0.2) is 0 Å². The van der Waals surface area contributed by atoms with E-state index in [9.17, 15) is 13.2 Å².